The third kappa shape index (κ3) is 3.14. The van der Waals surface area contributed by atoms with Gasteiger partial charge in [0.15, 0.2) is 0 Å². The van der Waals surface area contributed by atoms with E-state index in [-0.39, 0.29) is 0 Å². The van der Waals surface area contributed by atoms with Crippen LogP contribution in [0.25, 0.3) is 0 Å². The zero-order chi connectivity index (χ0) is 16.1. The molecule has 0 saturated carbocycles. The third-order valence-electron chi connectivity index (χ3n) is 4.37. The van der Waals surface area contributed by atoms with Gasteiger partial charge in [-0.1, -0.05) is 0 Å². The van der Waals surface area contributed by atoms with Gasteiger partial charge in [-0.25, -0.2) is 0 Å². The van der Waals surface area contributed by atoms with Crippen LogP contribution in [0.1, 0.15) is 6.92 Å². The van der Waals surface area contributed by atoms with E-state index < -0.39 is 7.26 Å². The fourth-order valence-corrected chi connectivity index (χ4v) is 8.23. The van der Waals surface area contributed by atoms with E-state index in [0.29, 0.717) is 0 Å². The van der Waals surface area contributed by atoms with Gasteiger partial charge in [0, 0.05) is 0 Å². The fourth-order valence-electron chi connectivity index (χ4n) is 3.43. The Bertz CT molecular complexity index is 664. The predicted molar refractivity (Wildman–Crippen MR) is 106 cm³/mol. The molecule has 0 aliphatic heterocycles. The average Bonchev–Trinajstić information content (AvgIpc) is 2.62. The monoisotopic (exact) mass is 318 g/mol. The van der Waals surface area contributed by atoms with Crippen molar-refractivity contribution in [2.75, 3.05) is 6.16 Å². The Morgan fingerprint density at radius 3 is 1.22 bits per heavy atom. The van der Waals surface area contributed by atoms with Gasteiger partial charge in [-0.15, -0.1) is 0 Å². The van der Waals surface area contributed by atoms with Gasteiger partial charge in [-0.2, -0.15) is 0 Å². The third-order valence-corrected chi connectivity index (χ3v) is 9.46. The predicted octanol–water partition coefficient (Wildman–Crippen LogP) is 4.29. The first-order valence-corrected chi connectivity index (χ1v) is 10.2. The number of hydrogen-bond acceptors (Lipinski definition) is 0. The van der Waals surface area contributed by atoms with E-state index in [0.717, 1.165) is 6.16 Å². The molecule has 0 N–H and O–H groups in total. The van der Waals surface area contributed by atoms with Crippen LogP contribution in [0.2, 0.25) is 0 Å². The van der Waals surface area contributed by atoms with Crippen molar-refractivity contribution in [2.24, 2.45) is 0 Å². The molecule has 0 spiro atoms. The van der Waals surface area contributed by atoms with Crippen molar-refractivity contribution < 1.29 is 0 Å². The van der Waals surface area contributed by atoms with Crippen molar-refractivity contribution in [1.82, 2.24) is 0 Å². The maximum atomic E-state index is 4.25. The van der Waals surface area contributed by atoms with Gasteiger partial charge in [-0.05, 0) is 0 Å². The summed E-state index contributed by atoms with van der Waals surface area (Å²) < 4.78 is 0. The molecule has 0 amide bonds. The standard InChI is InChI=1S/C22H23P/c1-19(2)18-23(20-12-6-3-7-13-20,21-14-8-4-9-15-21)22-16-10-5-11-17-22/h3-17,23H,1,18H2,2H3. The molecular formula is C22H23P. The number of benzene rings is 3. The van der Waals surface area contributed by atoms with Crippen molar-refractivity contribution in [3.63, 3.8) is 0 Å². The molecule has 0 unspecified atom stereocenters. The van der Waals surface area contributed by atoms with Gasteiger partial charge < -0.3 is 0 Å². The van der Waals surface area contributed by atoms with Gasteiger partial charge in [0.2, 0.25) is 0 Å². The van der Waals surface area contributed by atoms with Crippen LogP contribution in [0.3, 0.4) is 0 Å². The summed E-state index contributed by atoms with van der Waals surface area (Å²) in [5.41, 5.74) is 1.24. The second-order valence-electron chi connectivity index (χ2n) is 6.14. The van der Waals surface area contributed by atoms with Crippen molar-refractivity contribution in [2.45, 2.75) is 6.92 Å². The molecule has 0 aromatic heterocycles. The maximum absolute atomic E-state index is 4.25. The number of allylic oxidation sites excluding steroid dienone is 1. The van der Waals surface area contributed by atoms with E-state index in [1.807, 2.05) is 0 Å². The molecule has 0 aliphatic carbocycles. The van der Waals surface area contributed by atoms with Crippen molar-refractivity contribution in [1.29, 1.82) is 0 Å². The Balaban J connectivity index is 2.32. The van der Waals surface area contributed by atoms with E-state index in [9.17, 15) is 0 Å². The Morgan fingerprint density at radius 2 is 0.957 bits per heavy atom. The van der Waals surface area contributed by atoms with Crippen molar-refractivity contribution in [3.8, 4) is 0 Å². The molecule has 0 nitrogen and oxygen atoms in total. The molecule has 0 atom stereocenters. The van der Waals surface area contributed by atoms with Gasteiger partial charge in [-0.3, -0.25) is 0 Å². The summed E-state index contributed by atoms with van der Waals surface area (Å²) in [5, 5.41) is 4.33. The minimum absolute atomic E-state index is 1.03. The van der Waals surface area contributed by atoms with Crippen LogP contribution < -0.4 is 15.9 Å². The van der Waals surface area contributed by atoms with Crippen LogP contribution in [-0.2, 0) is 0 Å². The Morgan fingerprint density at radius 1 is 0.652 bits per heavy atom. The molecular weight excluding hydrogens is 295 g/mol. The number of hydrogen-bond donors (Lipinski definition) is 0. The molecule has 3 rings (SSSR count). The van der Waals surface area contributed by atoms with Gasteiger partial charge in [0.25, 0.3) is 0 Å². The second kappa shape index (κ2) is 6.94. The summed E-state index contributed by atoms with van der Waals surface area (Å²) >= 11 is 0. The molecule has 3 aromatic carbocycles. The minimum atomic E-state index is -2.09. The molecule has 0 fully saturated rings. The van der Waals surface area contributed by atoms with E-state index in [1.54, 1.807) is 0 Å². The molecule has 1 heteroatoms. The quantitative estimate of drug-likeness (QED) is 0.486. The van der Waals surface area contributed by atoms with Crippen LogP contribution in [0, 0.1) is 0 Å². The normalized spacial score (nSPS) is 11.9. The summed E-state index contributed by atoms with van der Waals surface area (Å²) in [6, 6.07) is 32.9. The molecule has 0 heterocycles. The summed E-state index contributed by atoms with van der Waals surface area (Å²) in [6.07, 6.45) is 1.03. The Hall–Kier alpha value is -2.17. The van der Waals surface area contributed by atoms with Crippen LogP contribution in [0.4, 0.5) is 0 Å². The van der Waals surface area contributed by atoms with Crippen molar-refractivity contribution >= 4 is 23.2 Å². The summed E-state index contributed by atoms with van der Waals surface area (Å²) in [4.78, 5) is 0. The van der Waals surface area contributed by atoms with Crippen LogP contribution in [-0.4, -0.2) is 6.16 Å². The molecule has 0 saturated heterocycles. The Labute approximate surface area is 139 Å². The zero-order valence-corrected chi connectivity index (χ0v) is 14.6. The van der Waals surface area contributed by atoms with E-state index in [1.165, 1.54) is 21.5 Å². The number of rotatable bonds is 5. The molecule has 23 heavy (non-hydrogen) atoms. The fraction of sp³-hybridized carbons (Fsp3) is 0.0909. The van der Waals surface area contributed by atoms with Gasteiger partial charge in [0.05, 0.1) is 0 Å². The van der Waals surface area contributed by atoms with E-state index in [2.05, 4.69) is 104 Å². The summed E-state index contributed by atoms with van der Waals surface area (Å²) in [5.74, 6) is 0. The Kier molecular flexibility index (Phi) is 4.74. The molecule has 0 aliphatic rings. The molecule has 3 aromatic rings. The van der Waals surface area contributed by atoms with Crippen LogP contribution >= 0.6 is 7.26 Å². The van der Waals surface area contributed by atoms with Gasteiger partial charge >= 0.3 is 139 Å². The van der Waals surface area contributed by atoms with Crippen LogP contribution in [0.15, 0.2) is 103 Å². The summed E-state index contributed by atoms with van der Waals surface area (Å²) in [7, 11) is -2.09. The molecule has 0 radical (unpaired) electrons. The first kappa shape index (κ1) is 15.7. The first-order chi connectivity index (χ1) is 11.2. The van der Waals surface area contributed by atoms with Crippen molar-refractivity contribution in [3.05, 3.63) is 103 Å². The molecule has 116 valence electrons. The van der Waals surface area contributed by atoms with E-state index in [4.69, 9.17) is 0 Å². The average molecular weight is 318 g/mol. The SMILES string of the molecule is C=C(C)C[PH](c1ccccc1)(c1ccccc1)c1ccccc1. The zero-order valence-electron chi connectivity index (χ0n) is 13.6. The van der Waals surface area contributed by atoms with Crippen LogP contribution in [0.5, 0.6) is 0 Å². The van der Waals surface area contributed by atoms with E-state index >= 15 is 0 Å². The topological polar surface area (TPSA) is 0 Å². The van der Waals surface area contributed by atoms with Gasteiger partial charge in [0.1, 0.15) is 0 Å². The molecule has 0 bridgehead atoms. The second-order valence-corrected chi connectivity index (χ2v) is 10.0. The first-order valence-electron chi connectivity index (χ1n) is 8.04. The summed E-state index contributed by atoms with van der Waals surface area (Å²) in [6.45, 7) is 6.40.